The summed E-state index contributed by atoms with van der Waals surface area (Å²) in [6.07, 6.45) is 9.29. The molecule has 1 aliphatic carbocycles. The largest absolute Gasteiger partial charge is 0.309 e. The molecule has 0 amide bonds. The first kappa shape index (κ1) is 10.6. The third-order valence-corrected chi connectivity index (χ3v) is 3.42. The molecule has 1 unspecified atom stereocenters. The van der Waals surface area contributed by atoms with Gasteiger partial charge in [0.25, 0.3) is 0 Å². The highest BCUT2D eigenvalue weighted by Gasteiger charge is 2.33. The minimum absolute atomic E-state index is 0.440. The van der Waals surface area contributed by atoms with Crippen LogP contribution in [0.25, 0.3) is 0 Å². The second-order valence-corrected chi connectivity index (χ2v) is 5.06. The Morgan fingerprint density at radius 2 is 2.13 bits per heavy atom. The Morgan fingerprint density at radius 1 is 1.40 bits per heavy atom. The maximum atomic E-state index is 4.02. The van der Waals surface area contributed by atoms with Crippen LogP contribution in [0, 0.1) is 5.41 Å². The lowest BCUT2D eigenvalue weighted by Crippen LogP contribution is -2.37. The molecule has 1 fully saturated rings. The van der Waals surface area contributed by atoms with E-state index in [0.717, 1.165) is 6.54 Å². The van der Waals surface area contributed by atoms with E-state index in [9.17, 15) is 0 Å². The summed E-state index contributed by atoms with van der Waals surface area (Å²) < 4.78 is 0. The summed E-state index contributed by atoms with van der Waals surface area (Å²) in [5.74, 6) is 0. The molecule has 1 heterocycles. The molecule has 0 saturated heterocycles. The van der Waals surface area contributed by atoms with E-state index < -0.39 is 0 Å². The van der Waals surface area contributed by atoms with Gasteiger partial charge in [0.05, 0.1) is 0 Å². The Hall–Kier alpha value is -0.960. The van der Waals surface area contributed by atoms with Crippen molar-refractivity contribution in [3.8, 4) is 0 Å². The highest BCUT2D eigenvalue weighted by molar-refractivity contribution is 5.03. The average Bonchev–Trinajstić information content (AvgIpc) is 2.56. The van der Waals surface area contributed by atoms with Gasteiger partial charge in [-0.15, -0.1) is 0 Å². The van der Waals surface area contributed by atoms with Gasteiger partial charge in [-0.2, -0.15) is 0 Å². The van der Waals surface area contributed by atoms with Gasteiger partial charge in [-0.25, -0.2) is 9.97 Å². The Balaban J connectivity index is 1.89. The summed E-state index contributed by atoms with van der Waals surface area (Å²) in [5.41, 5.74) is 1.61. The van der Waals surface area contributed by atoms with Crippen molar-refractivity contribution in [2.75, 3.05) is 0 Å². The van der Waals surface area contributed by atoms with Crippen LogP contribution in [0.4, 0.5) is 0 Å². The normalized spacial score (nSPS) is 24.3. The molecule has 3 nitrogen and oxygen atoms in total. The molecule has 0 aromatic carbocycles. The van der Waals surface area contributed by atoms with E-state index in [1.54, 1.807) is 6.33 Å². The van der Waals surface area contributed by atoms with E-state index in [1.807, 2.05) is 12.4 Å². The van der Waals surface area contributed by atoms with Gasteiger partial charge in [-0.1, -0.05) is 20.3 Å². The van der Waals surface area contributed by atoms with Gasteiger partial charge in [-0.05, 0) is 18.3 Å². The van der Waals surface area contributed by atoms with E-state index in [4.69, 9.17) is 0 Å². The highest BCUT2D eigenvalue weighted by Crippen LogP contribution is 2.37. The van der Waals surface area contributed by atoms with Crippen molar-refractivity contribution < 1.29 is 0 Å². The molecule has 0 bridgehead atoms. The molecule has 1 aromatic rings. The van der Waals surface area contributed by atoms with Crippen LogP contribution in [0.15, 0.2) is 18.7 Å². The fourth-order valence-corrected chi connectivity index (χ4v) is 2.37. The van der Waals surface area contributed by atoms with Crippen LogP contribution in [0.1, 0.15) is 38.7 Å². The Bertz CT molecular complexity index is 308. The van der Waals surface area contributed by atoms with Crippen molar-refractivity contribution in [3.63, 3.8) is 0 Å². The van der Waals surface area contributed by atoms with Crippen LogP contribution < -0.4 is 5.32 Å². The van der Waals surface area contributed by atoms with Gasteiger partial charge in [0, 0.05) is 30.5 Å². The van der Waals surface area contributed by atoms with E-state index in [2.05, 4.69) is 29.1 Å². The number of nitrogens with zero attached hydrogens (tertiary/aromatic N) is 2. The van der Waals surface area contributed by atoms with Crippen molar-refractivity contribution in [1.29, 1.82) is 0 Å². The molecular formula is C12H19N3. The van der Waals surface area contributed by atoms with Crippen LogP contribution in [0.3, 0.4) is 0 Å². The zero-order valence-corrected chi connectivity index (χ0v) is 9.53. The summed E-state index contributed by atoms with van der Waals surface area (Å²) >= 11 is 0. The zero-order chi connectivity index (χ0) is 10.7. The topological polar surface area (TPSA) is 37.8 Å². The first-order valence-corrected chi connectivity index (χ1v) is 5.66. The molecule has 1 aromatic heterocycles. The number of aromatic nitrogens is 2. The molecular weight excluding hydrogens is 186 g/mol. The molecule has 15 heavy (non-hydrogen) atoms. The lowest BCUT2D eigenvalue weighted by molar-refractivity contribution is 0.282. The lowest BCUT2D eigenvalue weighted by Gasteiger charge is -2.27. The van der Waals surface area contributed by atoms with Gasteiger partial charge in [0.2, 0.25) is 0 Å². The van der Waals surface area contributed by atoms with E-state index in [1.165, 1.54) is 24.8 Å². The minimum Gasteiger partial charge on any atom is -0.309 e. The first-order chi connectivity index (χ1) is 7.18. The first-order valence-electron chi connectivity index (χ1n) is 5.66. The third kappa shape index (κ3) is 2.53. The fourth-order valence-electron chi connectivity index (χ4n) is 2.37. The van der Waals surface area contributed by atoms with Crippen LogP contribution in [0.5, 0.6) is 0 Å². The van der Waals surface area contributed by atoms with Crippen molar-refractivity contribution in [2.24, 2.45) is 5.41 Å². The van der Waals surface area contributed by atoms with Crippen LogP contribution in [0.2, 0.25) is 0 Å². The Labute approximate surface area is 91.3 Å². The lowest BCUT2D eigenvalue weighted by atomic mass is 9.87. The molecule has 3 heteroatoms. The molecule has 0 radical (unpaired) electrons. The minimum atomic E-state index is 0.440. The number of hydrogen-bond acceptors (Lipinski definition) is 3. The van der Waals surface area contributed by atoms with Gasteiger partial charge in [0.1, 0.15) is 6.33 Å². The summed E-state index contributed by atoms with van der Waals surface area (Å²) in [7, 11) is 0. The number of nitrogens with one attached hydrogen (secondary N) is 1. The number of rotatable bonds is 3. The van der Waals surface area contributed by atoms with Crippen LogP contribution in [-0.4, -0.2) is 16.0 Å². The molecule has 82 valence electrons. The van der Waals surface area contributed by atoms with E-state index >= 15 is 0 Å². The summed E-state index contributed by atoms with van der Waals surface area (Å²) in [4.78, 5) is 8.03. The Morgan fingerprint density at radius 3 is 2.73 bits per heavy atom. The predicted octanol–water partition coefficient (Wildman–Crippen LogP) is 2.14. The predicted molar refractivity (Wildman–Crippen MR) is 60.3 cm³/mol. The summed E-state index contributed by atoms with van der Waals surface area (Å²) in [5, 5.41) is 3.61. The monoisotopic (exact) mass is 205 g/mol. The van der Waals surface area contributed by atoms with Crippen LogP contribution in [-0.2, 0) is 6.54 Å². The second kappa shape index (κ2) is 4.27. The smallest absolute Gasteiger partial charge is 0.115 e. The zero-order valence-electron chi connectivity index (χ0n) is 9.53. The maximum Gasteiger partial charge on any atom is 0.115 e. The molecule has 1 saturated carbocycles. The van der Waals surface area contributed by atoms with E-state index in [0.29, 0.717) is 11.5 Å². The Kier molecular flexibility index (Phi) is 3.00. The average molecular weight is 205 g/mol. The molecule has 2 rings (SSSR count). The fraction of sp³-hybridized carbons (Fsp3) is 0.667. The highest BCUT2D eigenvalue weighted by atomic mass is 14.9. The molecule has 1 atom stereocenters. The SMILES string of the molecule is CC1(C)CCCC1NCc1cncnc1. The van der Waals surface area contributed by atoms with Crippen molar-refractivity contribution in [2.45, 2.75) is 45.7 Å². The van der Waals surface area contributed by atoms with Crippen LogP contribution >= 0.6 is 0 Å². The molecule has 1 aliphatic rings. The summed E-state index contributed by atoms with van der Waals surface area (Å²) in [6, 6.07) is 0.637. The molecule has 1 N–H and O–H groups in total. The van der Waals surface area contributed by atoms with Gasteiger partial charge in [0.15, 0.2) is 0 Å². The third-order valence-electron chi connectivity index (χ3n) is 3.42. The maximum absolute atomic E-state index is 4.02. The van der Waals surface area contributed by atoms with Gasteiger partial charge in [-0.3, -0.25) is 0 Å². The second-order valence-electron chi connectivity index (χ2n) is 5.06. The summed E-state index contributed by atoms with van der Waals surface area (Å²) in [6.45, 7) is 5.58. The number of hydrogen-bond donors (Lipinski definition) is 1. The molecule has 0 spiro atoms. The van der Waals surface area contributed by atoms with Crippen molar-refractivity contribution >= 4 is 0 Å². The standard InChI is InChI=1S/C12H19N3/c1-12(2)5-3-4-11(12)15-8-10-6-13-9-14-7-10/h6-7,9,11,15H,3-5,8H2,1-2H3. The van der Waals surface area contributed by atoms with Gasteiger partial charge >= 0.3 is 0 Å². The van der Waals surface area contributed by atoms with Crippen molar-refractivity contribution in [1.82, 2.24) is 15.3 Å². The van der Waals surface area contributed by atoms with E-state index in [-0.39, 0.29) is 0 Å². The quantitative estimate of drug-likeness (QED) is 0.821. The van der Waals surface area contributed by atoms with Crippen molar-refractivity contribution in [3.05, 3.63) is 24.3 Å². The van der Waals surface area contributed by atoms with Gasteiger partial charge < -0.3 is 5.32 Å². The molecule has 0 aliphatic heterocycles.